The minimum absolute atomic E-state index is 0.0252. The maximum atomic E-state index is 13.9. The number of aromatic nitrogens is 2. The average molecular weight is 438 g/mol. The molecule has 0 aliphatic carbocycles. The number of amides is 1. The number of carbonyl (C=O) groups excluding carboxylic acids is 1. The van der Waals surface area contributed by atoms with Gasteiger partial charge in [0.25, 0.3) is 5.56 Å². The molecule has 3 heterocycles. The zero-order chi connectivity index (χ0) is 20.7. The molecule has 1 aliphatic rings. The Morgan fingerprint density at radius 3 is 2.83 bits per heavy atom. The number of benzene rings is 1. The normalized spacial score (nSPS) is 17.2. The number of nitrogens with zero attached hydrogens (tertiary/aromatic N) is 1. The van der Waals surface area contributed by atoms with Crippen LogP contribution in [0, 0.1) is 5.82 Å². The van der Waals surface area contributed by atoms with Crippen molar-refractivity contribution in [3.8, 4) is 16.2 Å². The SMILES string of the molecule is COc1cc(-c2cc3[nH]c(=O)n(C4CCCNC(=O)C4)c(=O)c3s2)c(Cl)cc1F. The molecule has 0 spiro atoms. The molecule has 10 heteroatoms. The van der Waals surface area contributed by atoms with Gasteiger partial charge in [-0.2, -0.15) is 0 Å². The number of fused-ring (bicyclic) bond motifs is 1. The average Bonchev–Trinajstić information content (AvgIpc) is 2.97. The molecule has 0 saturated carbocycles. The van der Waals surface area contributed by atoms with Crippen LogP contribution in [-0.4, -0.2) is 29.1 Å². The zero-order valence-corrected chi connectivity index (χ0v) is 17.0. The summed E-state index contributed by atoms with van der Waals surface area (Å²) in [6.07, 6.45) is 1.31. The predicted octanol–water partition coefficient (Wildman–Crippen LogP) is 3.06. The van der Waals surface area contributed by atoms with Crippen LogP contribution in [0.4, 0.5) is 4.39 Å². The summed E-state index contributed by atoms with van der Waals surface area (Å²) in [5, 5.41) is 2.91. The second-order valence-corrected chi connectivity index (χ2v) is 8.23. The number of H-pyrrole nitrogens is 1. The number of hydrogen-bond acceptors (Lipinski definition) is 5. The first-order valence-electron chi connectivity index (χ1n) is 8.97. The molecule has 1 amide bonds. The Labute approximate surface area is 173 Å². The number of ether oxygens (including phenoxy) is 1. The van der Waals surface area contributed by atoms with Gasteiger partial charge in [0.1, 0.15) is 4.70 Å². The van der Waals surface area contributed by atoms with Crippen LogP contribution in [-0.2, 0) is 4.79 Å². The van der Waals surface area contributed by atoms with E-state index >= 15 is 0 Å². The van der Waals surface area contributed by atoms with Crippen molar-refractivity contribution < 1.29 is 13.9 Å². The molecule has 1 saturated heterocycles. The molecule has 0 bridgehead atoms. The van der Waals surface area contributed by atoms with Crippen molar-refractivity contribution in [2.45, 2.75) is 25.3 Å². The number of methoxy groups -OCH3 is 1. The molecular weight excluding hydrogens is 421 g/mol. The first-order chi connectivity index (χ1) is 13.9. The van der Waals surface area contributed by atoms with Gasteiger partial charge in [-0.3, -0.25) is 14.2 Å². The van der Waals surface area contributed by atoms with Crippen LogP contribution in [0.2, 0.25) is 5.02 Å². The van der Waals surface area contributed by atoms with E-state index in [-0.39, 0.29) is 23.1 Å². The number of rotatable bonds is 3. The lowest BCUT2D eigenvalue weighted by Gasteiger charge is -2.14. The van der Waals surface area contributed by atoms with E-state index in [0.717, 1.165) is 22.0 Å². The van der Waals surface area contributed by atoms with Gasteiger partial charge < -0.3 is 15.0 Å². The molecule has 1 fully saturated rings. The summed E-state index contributed by atoms with van der Waals surface area (Å²) in [6, 6.07) is 3.73. The topological polar surface area (TPSA) is 93.2 Å². The van der Waals surface area contributed by atoms with Gasteiger partial charge in [-0.25, -0.2) is 9.18 Å². The second kappa shape index (κ2) is 7.64. The number of thiophene rings is 1. The Morgan fingerprint density at radius 1 is 1.28 bits per heavy atom. The third-order valence-electron chi connectivity index (χ3n) is 4.93. The summed E-state index contributed by atoms with van der Waals surface area (Å²) in [6.45, 7) is 0.526. The van der Waals surface area contributed by atoms with E-state index in [1.807, 2.05) is 0 Å². The monoisotopic (exact) mass is 437 g/mol. The van der Waals surface area contributed by atoms with Crippen molar-refractivity contribution in [1.82, 2.24) is 14.9 Å². The van der Waals surface area contributed by atoms with Gasteiger partial charge in [-0.05, 0) is 31.0 Å². The molecule has 1 aromatic carbocycles. The van der Waals surface area contributed by atoms with Gasteiger partial charge in [-0.1, -0.05) is 11.6 Å². The van der Waals surface area contributed by atoms with Crippen molar-refractivity contribution >= 4 is 39.1 Å². The summed E-state index contributed by atoms with van der Waals surface area (Å²) in [5.41, 5.74) is -0.153. The van der Waals surface area contributed by atoms with Crippen LogP contribution >= 0.6 is 22.9 Å². The Balaban J connectivity index is 1.86. The lowest BCUT2D eigenvalue weighted by molar-refractivity contribution is -0.121. The Morgan fingerprint density at radius 2 is 2.07 bits per heavy atom. The fraction of sp³-hybridized carbons (Fsp3) is 0.316. The van der Waals surface area contributed by atoms with Crippen molar-refractivity contribution in [1.29, 1.82) is 0 Å². The molecule has 2 aromatic heterocycles. The van der Waals surface area contributed by atoms with Crippen LogP contribution in [0.1, 0.15) is 25.3 Å². The molecule has 1 aliphatic heterocycles. The van der Waals surface area contributed by atoms with Crippen molar-refractivity contribution in [2.75, 3.05) is 13.7 Å². The van der Waals surface area contributed by atoms with E-state index in [9.17, 15) is 18.8 Å². The molecule has 1 unspecified atom stereocenters. The van der Waals surface area contributed by atoms with Crippen molar-refractivity contribution in [2.24, 2.45) is 0 Å². The minimum Gasteiger partial charge on any atom is -0.494 e. The van der Waals surface area contributed by atoms with Crippen LogP contribution in [0.15, 0.2) is 27.8 Å². The van der Waals surface area contributed by atoms with Gasteiger partial charge >= 0.3 is 5.69 Å². The molecule has 7 nitrogen and oxygen atoms in total. The van der Waals surface area contributed by atoms with E-state index in [0.29, 0.717) is 40.0 Å². The number of aromatic amines is 1. The lowest BCUT2D eigenvalue weighted by Crippen LogP contribution is -2.38. The second-order valence-electron chi connectivity index (χ2n) is 6.78. The predicted molar refractivity (Wildman–Crippen MR) is 110 cm³/mol. The highest BCUT2D eigenvalue weighted by molar-refractivity contribution is 7.22. The Bertz CT molecular complexity index is 1230. The fourth-order valence-corrected chi connectivity index (χ4v) is 4.92. The molecular formula is C19H17ClFN3O4S. The summed E-state index contributed by atoms with van der Waals surface area (Å²) in [5.74, 6) is -0.752. The zero-order valence-electron chi connectivity index (χ0n) is 15.4. The Kier molecular flexibility index (Phi) is 5.18. The third-order valence-corrected chi connectivity index (χ3v) is 6.40. The first-order valence-corrected chi connectivity index (χ1v) is 10.2. The summed E-state index contributed by atoms with van der Waals surface area (Å²) in [4.78, 5) is 40.9. The van der Waals surface area contributed by atoms with Gasteiger partial charge in [0, 0.05) is 23.4 Å². The van der Waals surface area contributed by atoms with Gasteiger partial charge in [-0.15, -0.1) is 11.3 Å². The van der Waals surface area contributed by atoms with Crippen molar-refractivity contribution in [3.63, 3.8) is 0 Å². The van der Waals surface area contributed by atoms with Crippen molar-refractivity contribution in [3.05, 3.63) is 49.9 Å². The molecule has 4 rings (SSSR count). The summed E-state index contributed by atoms with van der Waals surface area (Å²) in [7, 11) is 1.35. The molecule has 152 valence electrons. The number of halogens is 2. The number of hydrogen-bond donors (Lipinski definition) is 2. The highest BCUT2D eigenvalue weighted by atomic mass is 35.5. The molecule has 3 aromatic rings. The van der Waals surface area contributed by atoms with Crippen LogP contribution in [0.5, 0.6) is 5.75 Å². The van der Waals surface area contributed by atoms with Gasteiger partial charge in [0.05, 0.1) is 23.7 Å². The molecule has 0 radical (unpaired) electrons. The van der Waals surface area contributed by atoms with Gasteiger partial charge in [0.15, 0.2) is 11.6 Å². The Hall–Kier alpha value is -2.65. The van der Waals surface area contributed by atoms with E-state index in [4.69, 9.17) is 16.3 Å². The van der Waals surface area contributed by atoms with Crippen LogP contribution < -0.4 is 21.3 Å². The standard InChI is InChI=1S/C19H17ClFN3O4S/c1-28-14-6-10(11(20)7-12(14)21)15-8-13-17(29-15)18(26)24(19(27)23-13)9-3-2-4-22-16(25)5-9/h6-9H,2-5H2,1H3,(H,22,25)(H,23,27). The van der Waals surface area contributed by atoms with E-state index in [1.54, 1.807) is 6.07 Å². The minimum atomic E-state index is -0.593. The molecule has 1 atom stereocenters. The quantitative estimate of drug-likeness (QED) is 0.658. The van der Waals surface area contributed by atoms with Crippen LogP contribution in [0.3, 0.4) is 0 Å². The van der Waals surface area contributed by atoms with Gasteiger partial charge in [0.2, 0.25) is 5.91 Å². The maximum Gasteiger partial charge on any atom is 0.329 e. The van der Waals surface area contributed by atoms with E-state index in [2.05, 4.69) is 10.3 Å². The maximum absolute atomic E-state index is 13.9. The largest absolute Gasteiger partial charge is 0.494 e. The summed E-state index contributed by atoms with van der Waals surface area (Å²) >= 11 is 7.33. The summed E-state index contributed by atoms with van der Waals surface area (Å²) < 4.78 is 20.3. The van der Waals surface area contributed by atoms with E-state index in [1.165, 1.54) is 13.2 Å². The molecule has 29 heavy (non-hydrogen) atoms. The fourth-order valence-electron chi connectivity index (χ4n) is 3.53. The third kappa shape index (κ3) is 3.56. The molecule has 2 N–H and O–H groups in total. The van der Waals surface area contributed by atoms with E-state index < -0.39 is 23.1 Å². The first kappa shape index (κ1) is 19.7. The smallest absolute Gasteiger partial charge is 0.329 e. The highest BCUT2D eigenvalue weighted by Crippen LogP contribution is 2.38. The highest BCUT2D eigenvalue weighted by Gasteiger charge is 2.24. The van der Waals surface area contributed by atoms with Crippen LogP contribution in [0.25, 0.3) is 20.7 Å². The lowest BCUT2D eigenvalue weighted by atomic mass is 10.1. The number of nitrogens with one attached hydrogen (secondary N) is 2. The number of carbonyl (C=O) groups is 1.